The molecule has 0 aliphatic carbocycles. The Bertz CT molecular complexity index is 2180. The van der Waals surface area contributed by atoms with Crippen LogP contribution in [0, 0.1) is 5.41 Å². The summed E-state index contributed by atoms with van der Waals surface area (Å²) in [5.41, 5.74) is 1.31. The maximum absolute atomic E-state index is 14.1. The average molecular weight is 687 g/mol. The highest BCUT2D eigenvalue weighted by Gasteiger charge is 2.36. The predicted molar refractivity (Wildman–Crippen MR) is 193 cm³/mol. The highest BCUT2D eigenvalue weighted by Crippen LogP contribution is 2.41. The van der Waals surface area contributed by atoms with Crippen molar-refractivity contribution in [3.8, 4) is 40.1 Å². The van der Waals surface area contributed by atoms with Crippen LogP contribution < -0.4 is 24.4 Å². The number of aliphatic carboxylic acids is 1. The van der Waals surface area contributed by atoms with Gasteiger partial charge >= 0.3 is 5.97 Å². The zero-order valence-corrected chi connectivity index (χ0v) is 28.5. The smallest absolute Gasteiger partial charge is 0.312 e. The van der Waals surface area contributed by atoms with Crippen molar-refractivity contribution in [2.75, 3.05) is 0 Å². The van der Waals surface area contributed by atoms with E-state index in [1.165, 1.54) is 6.07 Å². The zero-order valence-electron chi connectivity index (χ0n) is 28.5. The number of phenolic OH excluding ortho intramolecular Hbond substituents is 1. The summed E-state index contributed by atoms with van der Waals surface area (Å²) in [4.78, 5) is 26.3. The molecule has 0 bridgehead atoms. The van der Waals surface area contributed by atoms with Crippen LogP contribution in [0.4, 0.5) is 0 Å². The molecule has 0 radical (unpaired) electrons. The maximum atomic E-state index is 14.1. The molecule has 6 aromatic rings. The normalized spacial score (nSPS) is 11.9. The van der Waals surface area contributed by atoms with Crippen molar-refractivity contribution in [3.63, 3.8) is 0 Å². The summed E-state index contributed by atoms with van der Waals surface area (Å²) in [5.74, 6) is -0.493. The number of carboxylic acid groups (broad SMARTS) is 1. The van der Waals surface area contributed by atoms with Gasteiger partial charge < -0.3 is 33.6 Å². The summed E-state index contributed by atoms with van der Waals surface area (Å²) in [6.45, 7) is 5.35. The Labute approximate surface area is 295 Å². The zero-order chi connectivity index (χ0) is 36.0. The minimum Gasteiger partial charge on any atom is -0.507 e. The fraction of sp³-hybridized carbons (Fsp3) is 0.190. The highest BCUT2D eigenvalue weighted by atomic mass is 16.5. The van der Waals surface area contributed by atoms with Crippen LogP contribution in [0.3, 0.4) is 0 Å². The van der Waals surface area contributed by atoms with E-state index in [4.69, 9.17) is 23.4 Å². The van der Waals surface area contributed by atoms with Crippen LogP contribution in [-0.4, -0.2) is 22.3 Å². The molecule has 1 unspecified atom stereocenters. The molecule has 9 nitrogen and oxygen atoms in total. The van der Waals surface area contributed by atoms with E-state index in [1.54, 1.807) is 45.0 Å². The van der Waals surface area contributed by atoms with Crippen molar-refractivity contribution in [1.29, 1.82) is 0 Å². The Hall–Kier alpha value is -6.22. The standard InChI is InChI=1S/C42H38O9/c1-27(42(2,3)41(45)46)50-35-21-31(19-20-34(35)48-25-29-15-9-5-10-16-29)39-40(49-26-30-17-11-6-12-18-30)38(44)37-33(43)22-32(23-36(37)51-39)47-24-28-13-7-4-8-14-28/h4-23,27,43H,24-26H2,1-3H3,(H,45,46). The lowest BCUT2D eigenvalue weighted by atomic mass is 9.87. The van der Waals surface area contributed by atoms with E-state index in [0.717, 1.165) is 16.7 Å². The molecule has 0 saturated carbocycles. The van der Waals surface area contributed by atoms with Crippen molar-refractivity contribution >= 4 is 16.9 Å². The second-order valence-electron chi connectivity index (χ2n) is 12.7. The molecule has 51 heavy (non-hydrogen) atoms. The lowest BCUT2D eigenvalue weighted by Gasteiger charge is -2.28. The highest BCUT2D eigenvalue weighted by molar-refractivity contribution is 5.88. The first-order chi connectivity index (χ1) is 24.6. The van der Waals surface area contributed by atoms with E-state index < -0.39 is 22.9 Å². The van der Waals surface area contributed by atoms with Crippen molar-refractivity contribution in [2.24, 2.45) is 5.41 Å². The van der Waals surface area contributed by atoms with E-state index in [-0.39, 0.29) is 53.8 Å². The summed E-state index contributed by atoms with van der Waals surface area (Å²) in [6, 6.07) is 36.4. The monoisotopic (exact) mass is 686 g/mol. The van der Waals surface area contributed by atoms with E-state index in [2.05, 4.69) is 0 Å². The Balaban J connectivity index is 1.45. The van der Waals surface area contributed by atoms with Crippen LogP contribution >= 0.6 is 0 Å². The summed E-state index contributed by atoms with van der Waals surface area (Å²) in [7, 11) is 0. The largest absolute Gasteiger partial charge is 0.507 e. The number of carbonyl (C=O) groups is 1. The molecule has 1 atom stereocenters. The van der Waals surface area contributed by atoms with Crippen molar-refractivity contribution in [1.82, 2.24) is 0 Å². The molecule has 0 aliphatic heterocycles. The first-order valence-corrected chi connectivity index (χ1v) is 16.5. The third kappa shape index (κ3) is 7.99. The quantitative estimate of drug-likeness (QED) is 0.116. The van der Waals surface area contributed by atoms with Crippen LogP contribution in [0.15, 0.2) is 131 Å². The topological polar surface area (TPSA) is 125 Å². The van der Waals surface area contributed by atoms with Crippen LogP contribution in [0.25, 0.3) is 22.3 Å². The van der Waals surface area contributed by atoms with Crippen LogP contribution in [0.2, 0.25) is 0 Å². The molecule has 0 amide bonds. The minimum absolute atomic E-state index is 0.0502. The third-order valence-corrected chi connectivity index (χ3v) is 8.70. The molecule has 5 aromatic carbocycles. The average Bonchev–Trinajstić information content (AvgIpc) is 3.14. The van der Waals surface area contributed by atoms with Gasteiger partial charge in [-0.15, -0.1) is 0 Å². The summed E-state index contributed by atoms with van der Waals surface area (Å²) in [5, 5.41) is 20.9. The van der Waals surface area contributed by atoms with Crippen molar-refractivity contribution in [2.45, 2.75) is 46.7 Å². The molecular weight excluding hydrogens is 648 g/mol. The second-order valence-corrected chi connectivity index (χ2v) is 12.7. The number of fused-ring (bicyclic) bond motifs is 1. The van der Waals surface area contributed by atoms with E-state index in [0.29, 0.717) is 17.1 Å². The third-order valence-electron chi connectivity index (χ3n) is 8.70. The first kappa shape index (κ1) is 34.6. The van der Waals surface area contributed by atoms with Crippen molar-refractivity contribution in [3.05, 3.63) is 148 Å². The Morgan fingerprint density at radius 2 is 1.27 bits per heavy atom. The van der Waals surface area contributed by atoms with E-state index >= 15 is 0 Å². The van der Waals surface area contributed by atoms with Gasteiger partial charge in [0, 0.05) is 17.7 Å². The number of phenols is 1. The molecule has 6 rings (SSSR count). The molecule has 2 N–H and O–H groups in total. The Morgan fingerprint density at radius 3 is 1.84 bits per heavy atom. The van der Waals surface area contributed by atoms with Crippen LogP contribution in [0.5, 0.6) is 28.7 Å². The first-order valence-electron chi connectivity index (χ1n) is 16.5. The van der Waals surface area contributed by atoms with Gasteiger partial charge in [-0.25, -0.2) is 0 Å². The van der Waals surface area contributed by atoms with Crippen LogP contribution in [-0.2, 0) is 24.6 Å². The molecule has 0 spiro atoms. The number of rotatable bonds is 14. The maximum Gasteiger partial charge on any atom is 0.312 e. The Morgan fingerprint density at radius 1 is 0.725 bits per heavy atom. The van der Waals surface area contributed by atoms with Gasteiger partial charge in [0.25, 0.3) is 0 Å². The van der Waals surface area contributed by atoms with Gasteiger partial charge in [0.1, 0.15) is 48.4 Å². The molecular formula is C42H38O9. The van der Waals surface area contributed by atoms with Crippen LogP contribution in [0.1, 0.15) is 37.5 Å². The van der Waals surface area contributed by atoms with Gasteiger partial charge in [-0.2, -0.15) is 0 Å². The van der Waals surface area contributed by atoms with Gasteiger partial charge in [-0.1, -0.05) is 91.0 Å². The lowest BCUT2D eigenvalue weighted by molar-refractivity contribution is -0.151. The number of benzene rings is 5. The minimum atomic E-state index is -1.25. The fourth-order valence-corrected chi connectivity index (χ4v) is 5.24. The van der Waals surface area contributed by atoms with E-state index in [1.807, 2.05) is 91.0 Å². The van der Waals surface area contributed by atoms with Gasteiger partial charge in [-0.3, -0.25) is 9.59 Å². The molecule has 9 heteroatoms. The summed E-state index contributed by atoms with van der Waals surface area (Å²) in [6.07, 6.45) is -0.789. The predicted octanol–water partition coefficient (Wildman–Crippen LogP) is 8.78. The molecule has 0 saturated heterocycles. The number of carboxylic acids is 1. The lowest BCUT2D eigenvalue weighted by Crippen LogP contribution is -2.38. The van der Waals surface area contributed by atoms with Gasteiger partial charge in [0.05, 0.1) is 5.41 Å². The summed E-state index contributed by atoms with van der Waals surface area (Å²) < 4.78 is 31.0. The molecule has 1 heterocycles. The molecule has 0 fully saturated rings. The van der Waals surface area contributed by atoms with Gasteiger partial charge in [0.15, 0.2) is 17.3 Å². The SMILES string of the molecule is CC(Oc1cc(-c2oc3cc(OCc4ccccc4)cc(O)c3c(=O)c2OCc2ccccc2)ccc1OCc1ccccc1)C(C)(C)C(=O)O. The molecule has 1 aromatic heterocycles. The number of aromatic hydroxyl groups is 1. The van der Waals surface area contributed by atoms with E-state index in [9.17, 15) is 19.8 Å². The molecule has 260 valence electrons. The number of hydrogen-bond donors (Lipinski definition) is 2. The number of hydrogen-bond acceptors (Lipinski definition) is 8. The van der Waals surface area contributed by atoms with Gasteiger partial charge in [-0.05, 0) is 55.7 Å². The molecule has 0 aliphatic rings. The van der Waals surface area contributed by atoms with Gasteiger partial charge in [0.2, 0.25) is 11.2 Å². The second kappa shape index (κ2) is 15.1. The number of ether oxygens (including phenoxy) is 4. The Kier molecular flexibility index (Phi) is 10.3. The fourth-order valence-electron chi connectivity index (χ4n) is 5.24. The van der Waals surface area contributed by atoms with Crippen molar-refractivity contribution < 1.29 is 38.4 Å². The summed E-state index contributed by atoms with van der Waals surface area (Å²) >= 11 is 0.